The van der Waals surface area contributed by atoms with Gasteiger partial charge < -0.3 is 19.2 Å². The van der Waals surface area contributed by atoms with E-state index in [-0.39, 0.29) is 42.4 Å². The number of fused-ring (bicyclic) bond motifs is 1. The second kappa shape index (κ2) is 14.5. The number of hydrogen-bond donors (Lipinski definition) is 0. The Morgan fingerprint density at radius 3 is 2.33 bits per heavy atom. The van der Waals surface area contributed by atoms with Crippen LogP contribution in [0, 0.1) is 17.7 Å². The maximum Gasteiger partial charge on any atom is 0.227 e. The molecule has 8 nitrogen and oxygen atoms in total. The lowest BCUT2D eigenvalue weighted by Crippen LogP contribution is -2.40. The Labute approximate surface area is 232 Å². The van der Waals surface area contributed by atoms with E-state index in [1.54, 1.807) is 15.9 Å². The van der Waals surface area contributed by atoms with Crippen LogP contribution in [-0.4, -0.2) is 64.5 Å². The zero-order valence-corrected chi connectivity index (χ0v) is 24.6. The van der Waals surface area contributed by atoms with Crippen LogP contribution in [0.4, 0.5) is 10.1 Å². The zero-order chi connectivity index (χ0) is 28.5. The lowest BCUT2D eigenvalue weighted by Gasteiger charge is -2.32. The first-order valence-corrected chi connectivity index (χ1v) is 14.4. The Kier molecular flexibility index (Phi) is 11.5. The fourth-order valence-corrected chi connectivity index (χ4v) is 5.00. The number of rotatable bonds is 8. The van der Waals surface area contributed by atoms with Gasteiger partial charge in [-0.25, -0.2) is 4.39 Å². The molecule has 1 aromatic carbocycles. The monoisotopic (exact) mass is 543 g/mol. The van der Waals surface area contributed by atoms with Crippen molar-refractivity contribution in [3.05, 3.63) is 41.3 Å². The summed E-state index contributed by atoms with van der Waals surface area (Å²) in [4.78, 5) is 37.3. The van der Waals surface area contributed by atoms with Gasteiger partial charge in [-0.3, -0.25) is 9.59 Å². The van der Waals surface area contributed by atoms with Crippen LogP contribution < -0.4 is 4.90 Å². The highest BCUT2D eigenvalue weighted by molar-refractivity contribution is 5.94. The molecule has 39 heavy (non-hydrogen) atoms. The summed E-state index contributed by atoms with van der Waals surface area (Å²) in [5, 5.41) is 4.00. The number of amides is 2. The third kappa shape index (κ3) is 9.41. The van der Waals surface area contributed by atoms with Crippen LogP contribution in [0.2, 0.25) is 0 Å². The van der Waals surface area contributed by atoms with Crippen molar-refractivity contribution in [3.63, 3.8) is 0 Å². The van der Waals surface area contributed by atoms with E-state index in [1.807, 2.05) is 27.7 Å². The summed E-state index contributed by atoms with van der Waals surface area (Å²) in [6, 6.07) is 4.56. The second-order valence-electron chi connectivity index (χ2n) is 11.8. The van der Waals surface area contributed by atoms with E-state index >= 15 is 0 Å². The summed E-state index contributed by atoms with van der Waals surface area (Å²) in [6.07, 6.45) is 2.63. The van der Waals surface area contributed by atoms with Crippen molar-refractivity contribution in [3.8, 4) is 0 Å². The summed E-state index contributed by atoms with van der Waals surface area (Å²) >= 11 is 0. The summed E-state index contributed by atoms with van der Waals surface area (Å²) in [5.41, 5.74) is 1.34. The minimum absolute atomic E-state index is 0.0283. The lowest BCUT2D eigenvalue weighted by atomic mass is 10.1. The molecule has 9 heteroatoms. The molecule has 0 spiro atoms. The molecule has 0 bridgehead atoms. The second-order valence-corrected chi connectivity index (χ2v) is 11.8. The summed E-state index contributed by atoms with van der Waals surface area (Å²) in [5.74, 6) is 1.55. The van der Waals surface area contributed by atoms with Gasteiger partial charge in [0.1, 0.15) is 5.82 Å². The molecular formula is C30H46FN5O3. The van der Waals surface area contributed by atoms with Gasteiger partial charge in [-0.15, -0.1) is 0 Å². The third-order valence-electron chi connectivity index (χ3n) is 6.86. The molecule has 0 saturated carbocycles. The summed E-state index contributed by atoms with van der Waals surface area (Å²) < 4.78 is 19.8. The predicted molar refractivity (Wildman–Crippen MR) is 151 cm³/mol. The summed E-state index contributed by atoms with van der Waals surface area (Å²) in [7, 11) is 0. The van der Waals surface area contributed by atoms with Crippen LogP contribution in [0.25, 0.3) is 0 Å². The Balaban J connectivity index is 1.88. The molecule has 2 amide bonds. The van der Waals surface area contributed by atoms with Crippen LogP contribution >= 0.6 is 0 Å². The van der Waals surface area contributed by atoms with Crippen LogP contribution in [0.5, 0.6) is 0 Å². The molecule has 0 radical (unpaired) electrons. The third-order valence-corrected chi connectivity index (χ3v) is 6.86. The van der Waals surface area contributed by atoms with Gasteiger partial charge in [-0.1, -0.05) is 46.7 Å². The van der Waals surface area contributed by atoms with Gasteiger partial charge in [0.25, 0.3) is 0 Å². The van der Waals surface area contributed by atoms with E-state index in [0.717, 1.165) is 32.5 Å². The van der Waals surface area contributed by atoms with E-state index in [4.69, 9.17) is 4.52 Å². The SMILES string of the molecule is CC(C)CC(=O)N1CCCN(CC(C)C)CCCN(C(=O)CCc2nc(C(C)C)no2)Cc2cc(F)ccc21. The molecule has 0 saturated heterocycles. The molecule has 3 rings (SSSR count). The topological polar surface area (TPSA) is 82.8 Å². The van der Waals surface area contributed by atoms with Gasteiger partial charge in [0.05, 0.1) is 0 Å². The summed E-state index contributed by atoms with van der Waals surface area (Å²) in [6.45, 7) is 16.5. The first-order chi connectivity index (χ1) is 18.5. The minimum Gasteiger partial charge on any atom is -0.339 e. The number of benzene rings is 1. The number of halogens is 1. The molecule has 0 fully saturated rings. The lowest BCUT2D eigenvalue weighted by molar-refractivity contribution is -0.132. The first kappa shape index (κ1) is 30.7. The van der Waals surface area contributed by atoms with Crippen molar-refractivity contribution in [1.29, 1.82) is 0 Å². The molecule has 1 aliphatic rings. The quantitative estimate of drug-likeness (QED) is 0.442. The average Bonchev–Trinajstić information content (AvgIpc) is 3.33. The molecule has 0 atom stereocenters. The number of anilines is 1. The van der Waals surface area contributed by atoms with Crippen LogP contribution in [0.1, 0.15) is 90.4 Å². The molecule has 0 unspecified atom stereocenters. The molecule has 1 aliphatic heterocycles. The fraction of sp³-hybridized carbons (Fsp3) is 0.667. The molecule has 0 aliphatic carbocycles. The molecule has 0 N–H and O–H groups in total. The Morgan fingerprint density at radius 2 is 1.69 bits per heavy atom. The van der Waals surface area contributed by atoms with Crippen molar-refractivity contribution in [2.24, 2.45) is 11.8 Å². The van der Waals surface area contributed by atoms with Gasteiger partial charge in [0, 0.05) is 57.0 Å². The largest absolute Gasteiger partial charge is 0.339 e. The molecule has 1 aromatic heterocycles. The number of hydrogen-bond acceptors (Lipinski definition) is 6. The number of aromatic nitrogens is 2. The van der Waals surface area contributed by atoms with Crippen molar-refractivity contribution in [1.82, 2.24) is 19.9 Å². The zero-order valence-electron chi connectivity index (χ0n) is 24.6. The number of carbonyl (C=O) groups is 2. The van der Waals surface area contributed by atoms with E-state index < -0.39 is 0 Å². The van der Waals surface area contributed by atoms with E-state index in [0.29, 0.717) is 54.8 Å². The van der Waals surface area contributed by atoms with Crippen molar-refractivity contribution >= 4 is 17.5 Å². The Morgan fingerprint density at radius 1 is 0.974 bits per heavy atom. The predicted octanol–water partition coefficient (Wildman–Crippen LogP) is 5.42. The highest BCUT2D eigenvalue weighted by atomic mass is 19.1. The average molecular weight is 544 g/mol. The van der Waals surface area contributed by atoms with Gasteiger partial charge in [-0.05, 0) is 61.5 Å². The minimum atomic E-state index is -0.375. The Bertz CT molecular complexity index is 1080. The van der Waals surface area contributed by atoms with Crippen LogP contribution in [0.3, 0.4) is 0 Å². The van der Waals surface area contributed by atoms with Crippen molar-refractivity contribution in [2.75, 3.05) is 37.6 Å². The first-order valence-electron chi connectivity index (χ1n) is 14.4. The number of carbonyl (C=O) groups excluding carboxylic acids is 2. The van der Waals surface area contributed by atoms with Gasteiger partial charge in [0.2, 0.25) is 17.7 Å². The highest BCUT2D eigenvalue weighted by Crippen LogP contribution is 2.26. The molecule has 2 aromatic rings. The number of nitrogens with zero attached hydrogens (tertiary/aromatic N) is 5. The number of aryl methyl sites for hydroxylation is 1. The van der Waals surface area contributed by atoms with Gasteiger partial charge in [-0.2, -0.15) is 4.98 Å². The standard InChI is InChI=1S/C30H46FN5O3/c1-21(2)17-29(38)36-16-8-14-34(19-22(3)4)13-7-15-35(20-24-18-25(31)9-10-26(24)36)28(37)12-11-27-32-30(23(5)6)33-39-27/h9-10,18,21-23H,7-8,11-17,19-20H2,1-6H3. The maximum absolute atomic E-state index is 14.5. The molecule has 2 heterocycles. The van der Waals surface area contributed by atoms with Crippen LogP contribution in [0.15, 0.2) is 22.7 Å². The Hall–Kier alpha value is -2.81. The smallest absolute Gasteiger partial charge is 0.227 e. The fourth-order valence-electron chi connectivity index (χ4n) is 5.00. The van der Waals surface area contributed by atoms with Gasteiger partial charge >= 0.3 is 0 Å². The van der Waals surface area contributed by atoms with Crippen molar-refractivity contribution < 1.29 is 18.5 Å². The van der Waals surface area contributed by atoms with Crippen molar-refractivity contribution in [2.45, 2.75) is 86.1 Å². The normalized spacial score (nSPS) is 15.9. The van der Waals surface area contributed by atoms with E-state index in [1.165, 1.54) is 12.1 Å². The molecular weight excluding hydrogens is 497 g/mol. The van der Waals surface area contributed by atoms with Crippen LogP contribution in [-0.2, 0) is 22.6 Å². The van der Waals surface area contributed by atoms with E-state index in [9.17, 15) is 14.0 Å². The highest BCUT2D eigenvalue weighted by Gasteiger charge is 2.24. The van der Waals surface area contributed by atoms with Gasteiger partial charge in [0.15, 0.2) is 5.82 Å². The maximum atomic E-state index is 14.5. The molecule has 216 valence electrons. The van der Waals surface area contributed by atoms with E-state index in [2.05, 4.69) is 28.9 Å².